The van der Waals surface area contributed by atoms with Crippen LogP contribution in [-0.4, -0.2) is 75.8 Å². The van der Waals surface area contributed by atoms with E-state index in [0.29, 0.717) is 13.1 Å². The van der Waals surface area contributed by atoms with Crippen molar-refractivity contribution in [3.63, 3.8) is 0 Å². The number of nitrogens with zero attached hydrogens (tertiary/aromatic N) is 4. The first kappa shape index (κ1) is 18.3. The molecule has 0 atom stereocenters. The Labute approximate surface area is 153 Å². The largest absolute Gasteiger partial charge is 0.340 e. The molecule has 1 aromatic heterocycles. The topological polar surface area (TPSA) is 85.8 Å². The summed E-state index contributed by atoms with van der Waals surface area (Å²) in [7, 11) is 0. The van der Waals surface area contributed by atoms with Crippen molar-refractivity contribution in [3.8, 4) is 0 Å². The van der Waals surface area contributed by atoms with Gasteiger partial charge in [0.15, 0.2) is 0 Å². The van der Waals surface area contributed by atoms with Crippen molar-refractivity contribution in [2.24, 2.45) is 0 Å². The number of pyridine rings is 1. The van der Waals surface area contributed by atoms with Crippen molar-refractivity contribution in [3.05, 3.63) is 30.1 Å². The standard InChI is InChI=1S/C18H25N5O3/c1-18(2)16(25)23(17(26)20-18)13-15(24)22-8-4-7-21(9-10-22)12-14-5-3-6-19-11-14/h3,5-6,11H,4,7-10,12-13H2,1-2H3,(H,20,26). The van der Waals surface area contributed by atoms with E-state index in [1.54, 1.807) is 24.9 Å². The van der Waals surface area contributed by atoms with Crippen LogP contribution in [0.2, 0.25) is 0 Å². The molecule has 0 spiro atoms. The first-order valence-electron chi connectivity index (χ1n) is 8.90. The van der Waals surface area contributed by atoms with Crippen molar-refractivity contribution in [1.29, 1.82) is 0 Å². The number of carbonyl (C=O) groups is 3. The zero-order chi connectivity index (χ0) is 18.7. The number of aromatic nitrogens is 1. The van der Waals surface area contributed by atoms with Gasteiger partial charge in [-0.15, -0.1) is 0 Å². The Bertz CT molecular complexity index is 691. The van der Waals surface area contributed by atoms with Gasteiger partial charge in [-0.1, -0.05) is 6.07 Å². The summed E-state index contributed by atoms with van der Waals surface area (Å²) in [5.41, 5.74) is 0.199. The Hall–Kier alpha value is -2.48. The average Bonchev–Trinajstić information content (AvgIpc) is 2.78. The molecule has 2 saturated heterocycles. The summed E-state index contributed by atoms with van der Waals surface area (Å²) in [6, 6.07) is 3.46. The molecule has 26 heavy (non-hydrogen) atoms. The van der Waals surface area contributed by atoms with Crippen LogP contribution in [0.4, 0.5) is 4.79 Å². The molecule has 2 aliphatic heterocycles. The number of rotatable bonds is 4. The fourth-order valence-electron chi connectivity index (χ4n) is 3.33. The number of urea groups is 1. The second-order valence-electron chi connectivity index (χ2n) is 7.32. The lowest BCUT2D eigenvalue weighted by molar-refractivity contribution is -0.138. The van der Waals surface area contributed by atoms with E-state index in [0.717, 1.165) is 36.5 Å². The molecule has 0 unspecified atom stereocenters. The molecule has 1 aromatic rings. The van der Waals surface area contributed by atoms with Gasteiger partial charge in [0.05, 0.1) is 0 Å². The van der Waals surface area contributed by atoms with Crippen LogP contribution in [0.1, 0.15) is 25.8 Å². The van der Waals surface area contributed by atoms with Gasteiger partial charge in [-0.3, -0.25) is 24.4 Å². The van der Waals surface area contributed by atoms with E-state index in [2.05, 4.69) is 15.2 Å². The Balaban J connectivity index is 1.55. The number of amides is 4. The molecule has 2 aliphatic rings. The summed E-state index contributed by atoms with van der Waals surface area (Å²) in [4.78, 5) is 46.0. The van der Waals surface area contributed by atoms with Crippen LogP contribution in [0.25, 0.3) is 0 Å². The highest BCUT2D eigenvalue weighted by Crippen LogP contribution is 2.17. The molecule has 4 amide bonds. The van der Waals surface area contributed by atoms with E-state index in [1.807, 2.05) is 18.3 Å². The third-order valence-corrected chi connectivity index (χ3v) is 4.81. The molecule has 8 heteroatoms. The van der Waals surface area contributed by atoms with Gasteiger partial charge in [0.2, 0.25) is 5.91 Å². The number of nitrogens with one attached hydrogen (secondary N) is 1. The zero-order valence-corrected chi connectivity index (χ0v) is 15.3. The van der Waals surface area contributed by atoms with Gasteiger partial charge in [-0.25, -0.2) is 4.79 Å². The SMILES string of the molecule is CC1(C)NC(=O)N(CC(=O)N2CCCN(Cc3cccnc3)CC2)C1=O. The van der Waals surface area contributed by atoms with Gasteiger partial charge in [0.25, 0.3) is 5.91 Å². The first-order valence-corrected chi connectivity index (χ1v) is 8.90. The molecule has 2 fully saturated rings. The van der Waals surface area contributed by atoms with Crippen molar-refractivity contribution in [2.75, 3.05) is 32.7 Å². The quantitative estimate of drug-likeness (QED) is 0.789. The fourth-order valence-corrected chi connectivity index (χ4v) is 3.33. The van der Waals surface area contributed by atoms with Crippen molar-refractivity contribution in [1.82, 2.24) is 25.0 Å². The third kappa shape index (κ3) is 4.01. The van der Waals surface area contributed by atoms with E-state index in [1.165, 1.54) is 0 Å². The lowest BCUT2D eigenvalue weighted by atomic mass is 10.1. The number of imide groups is 1. The predicted molar refractivity (Wildman–Crippen MR) is 95.0 cm³/mol. The molecule has 0 saturated carbocycles. The van der Waals surface area contributed by atoms with Gasteiger partial charge in [-0.2, -0.15) is 0 Å². The third-order valence-electron chi connectivity index (χ3n) is 4.81. The van der Waals surface area contributed by atoms with Crippen LogP contribution in [0, 0.1) is 0 Å². The van der Waals surface area contributed by atoms with Crippen molar-refractivity contribution < 1.29 is 14.4 Å². The maximum absolute atomic E-state index is 12.6. The van der Waals surface area contributed by atoms with E-state index in [4.69, 9.17) is 0 Å². The van der Waals surface area contributed by atoms with Crippen LogP contribution in [0.3, 0.4) is 0 Å². The van der Waals surface area contributed by atoms with Crippen LogP contribution in [0.15, 0.2) is 24.5 Å². The van der Waals surface area contributed by atoms with Gasteiger partial charge in [0, 0.05) is 45.1 Å². The minimum absolute atomic E-state index is 0.186. The second-order valence-corrected chi connectivity index (χ2v) is 7.32. The molecule has 140 valence electrons. The monoisotopic (exact) mass is 359 g/mol. The Morgan fingerprint density at radius 3 is 2.69 bits per heavy atom. The highest BCUT2D eigenvalue weighted by molar-refractivity contribution is 6.08. The molecule has 3 rings (SSSR count). The molecular formula is C18H25N5O3. The normalized spacial score (nSPS) is 20.8. The summed E-state index contributed by atoms with van der Waals surface area (Å²) >= 11 is 0. The molecule has 0 bridgehead atoms. The van der Waals surface area contributed by atoms with Gasteiger partial charge < -0.3 is 10.2 Å². The minimum Gasteiger partial charge on any atom is -0.340 e. The highest BCUT2D eigenvalue weighted by Gasteiger charge is 2.45. The van der Waals surface area contributed by atoms with E-state index in [-0.39, 0.29) is 18.4 Å². The molecule has 3 heterocycles. The van der Waals surface area contributed by atoms with Crippen molar-refractivity contribution in [2.45, 2.75) is 32.4 Å². The van der Waals surface area contributed by atoms with E-state index in [9.17, 15) is 14.4 Å². The molecular weight excluding hydrogens is 334 g/mol. The molecule has 0 radical (unpaired) electrons. The molecule has 0 aliphatic carbocycles. The summed E-state index contributed by atoms with van der Waals surface area (Å²) in [5, 5.41) is 2.60. The summed E-state index contributed by atoms with van der Waals surface area (Å²) < 4.78 is 0. The maximum Gasteiger partial charge on any atom is 0.325 e. The first-order chi connectivity index (χ1) is 12.4. The van der Waals surface area contributed by atoms with E-state index >= 15 is 0 Å². The summed E-state index contributed by atoms with van der Waals surface area (Å²) in [6.45, 7) is 6.76. The second kappa shape index (κ2) is 7.41. The fraction of sp³-hybridized carbons (Fsp3) is 0.556. The number of carbonyl (C=O) groups excluding carboxylic acids is 3. The molecule has 0 aromatic carbocycles. The van der Waals surface area contributed by atoms with Gasteiger partial charge >= 0.3 is 6.03 Å². The van der Waals surface area contributed by atoms with Crippen molar-refractivity contribution >= 4 is 17.8 Å². The predicted octanol–water partition coefficient (Wildman–Crippen LogP) is 0.446. The van der Waals surface area contributed by atoms with Gasteiger partial charge in [-0.05, 0) is 31.9 Å². The van der Waals surface area contributed by atoms with E-state index < -0.39 is 11.6 Å². The molecule has 8 nitrogen and oxygen atoms in total. The van der Waals surface area contributed by atoms with Gasteiger partial charge in [0.1, 0.15) is 12.1 Å². The summed E-state index contributed by atoms with van der Waals surface area (Å²) in [6.07, 6.45) is 4.47. The van der Waals surface area contributed by atoms with Crippen LogP contribution >= 0.6 is 0 Å². The zero-order valence-electron chi connectivity index (χ0n) is 15.3. The average molecular weight is 359 g/mol. The summed E-state index contributed by atoms with van der Waals surface area (Å²) in [5.74, 6) is -0.543. The Morgan fingerprint density at radius 2 is 2.04 bits per heavy atom. The number of hydrogen-bond donors (Lipinski definition) is 1. The van der Waals surface area contributed by atoms with Crippen LogP contribution in [0.5, 0.6) is 0 Å². The Morgan fingerprint density at radius 1 is 1.23 bits per heavy atom. The number of hydrogen-bond acceptors (Lipinski definition) is 5. The minimum atomic E-state index is -0.948. The highest BCUT2D eigenvalue weighted by atomic mass is 16.2. The smallest absolute Gasteiger partial charge is 0.325 e. The Kier molecular flexibility index (Phi) is 5.22. The van der Waals surface area contributed by atoms with Crippen LogP contribution < -0.4 is 5.32 Å². The lowest BCUT2D eigenvalue weighted by Gasteiger charge is -2.24. The maximum atomic E-state index is 12.6. The molecule has 1 N–H and O–H groups in total. The van der Waals surface area contributed by atoms with Crippen LogP contribution in [-0.2, 0) is 16.1 Å². The lowest BCUT2D eigenvalue weighted by Crippen LogP contribution is -2.45.